The van der Waals surface area contributed by atoms with Crippen LogP contribution in [0.2, 0.25) is 0 Å². The number of fused-ring (bicyclic) bond motifs is 1. The van der Waals surface area contributed by atoms with Crippen molar-refractivity contribution in [2.75, 3.05) is 17.2 Å². The van der Waals surface area contributed by atoms with E-state index in [1.165, 1.54) is 0 Å². The van der Waals surface area contributed by atoms with Crippen molar-refractivity contribution in [3.05, 3.63) is 35.9 Å². The van der Waals surface area contributed by atoms with Crippen LogP contribution in [0.25, 0.3) is 10.9 Å². The summed E-state index contributed by atoms with van der Waals surface area (Å²) < 4.78 is 0. The van der Waals surface area contributed by atoms with Gasteiger partial charge in [0.15, 0.2) is 0 Å². The molecule has 0 N–H and O–H groups in total. The topological polar surface area (TPSA) is 39.9 Å². The molecule has 0 saturated carbocycles. The quantitative estimate of drug-likeness (QED) is 0.804. The van der Waals surface area contributed by atoms with Crippen LogP contribution < -0.4 is 4.90 Å². The molecule has 0 amide bonds. The summed E-state index contributed by atoms with van der Waals surface area (Å²) in [7, 11) is 0. The summed E-state index contributed by atoms with van der Waals surface area (Å²) in [5.74, 6) is 2.04. The molecule has 1 aromatic carbocycles. The van der Waals surface area contributed by atoms with Gasteiger partial charge in [0.1, 0.15) is 5.82 Å². The summed E-state index contributed by atoms with van der Waals surface area (Å²) in [6, 6.07) is 12.5. The van der Waals surface area contributed by atoms with Crippen LogP contribution in [0.5, 0.6) is 0 Å². The Balaban J connectivity index is 2.10. The fourth-order valence-corrected chi connectivity index (χ4v) is 3.76. The summed E-state index contributed by atoms with van der Waals surface area (Å²) in [5, 5.41) is 10.9. The van der Waals surface area contributed by atoms with Crippen LogP contribution in [-0.4, -0.2) is 28.6 Å². The molecule has 4 heteroatoms. The number of thioether (sulfide) groups is 1. The van der Waals surface area contributed by atoms with Crippen molar-refractivity contribution in [1.29, 1.82) is 5.26 Å². The van der Waals surface area contributed by atoms with E-state index >= 15 is 0 Å². The van der Waals surface area contributed by atoms with E-state index in [0.717, 1.165) is 29.0 Å². The number of rotatable bonds is 1. The largest absolute Gasteiger partial charge is 0.352 e. The van der Waals surface area contributed by atoms with Crippen LogP contribution in [0.3, 0.4) is 0 Å². The molecule has 2 unspecified atom stereocenters. The van der Waals surface area contributed by atoms with Crippen LogP contribution in [0.4, 0.5) is 5.82 Å². The minimum absolute atomic E-state index is 0.439. The van der Waals surface area contributed by atoms with Gasteiger partial charge in [-0.15, -0.1) is 0 Å². The highest BCUT2D eigenvalue weighted by Crippen LogP contribution is 2.30. The van der Waals surface area contributed by atoms with E-state index in [1.807, 2.05) is 42.1 Å². The number of benzene rings is 1. The minimum atomic E-state index is 0.439. The predicted octanol–water partition coefficient (Wildman–Crippen LogP) is 3.44. The zero-order valence-electron chi connectivity index (χ0n) is 11.7. The molecule has 20 heavy (non-hydrogen) atoms. The molecule has 2 heterocycles. The van der Waals surface area contributed by atoms with E-state index in [9.17, 15) is 5.26 Å². The molecule has 2 aromatic rings. The Morgan fingerprint density at radius 3 is 2.95 bits per heavy atom. The molecule has 1 aromatic heterocycles. The lowest BCUT2D eigenvalue weighted by atomic mass is 10.1. The fraction of sp³-hybridized carbons (Fsp3) is 0.375. The lowest BCUT2D eigenvalue weighted by Gasteiger charge is -2.38. The maximum atomic E-state index is 9.38. The second-order valence-electron chi connectivity index (χ2n) is 5.17. The number of hydrogen-bond acceptors (Lipinski definition) is 4. The SMILES string of the molecule is CC1SCCN(c2cc(C#N)c3ccccc3n2)C1C. The molecule has 0 radical (unpaired) electrons. The molecular weight excluding hydrogens is 266 g/mol. The monoisotopic (exact) mass is 283 g/mol. The van der Waals surface area contributed by atoms with E-state index in [0.29, 0.717) is 16.9 Å². The molecule has 0 aliphatic carbocycles. The number of nitriles is 1. The van der Waals surface area contributed by atoms with Gasteiger partial charge in [-0.2, -0.15) is 17.0 Å². The van der Waals surface area contributed by atoms with Gasteiger partial charge in [-0.3, -0.25) is 0 Å². The minimum Gasteiger partial charge on any atom is -0.352 e. The first-order valence-corrected chi connectivity index (χ1v) is 7.93. The Bertz CT molecular complexity index is 677. The van der Waals surface area contributed by atoms with Gasteiger partial charge in [-0.1, -0.05) is 25.1 Å². The average molecular weight is 283 g/mol. The Labute approximate surface area is 123 Å². The van der Waals surface area contributed by atoms with Gasteiger partial charge in [0.25, 0.3) is 0 Å². The predicted molar refractivity (Wildman–Crippen MR) is 85.2 cm³/mol. The normalized spacial score (nSPS) is 22.8. The molecule has 2 atom stereocenters. The van der Waals surface area contributed by atoms with Gasteiger partial charge in [0.2, 0.25) is 0 Å². The van der Waals surface area contributed by atoms with Gasteiger partial charge in [-0.25, -0.2) is 4.98 Å². The van der Waals surface area contributed by atoms with Gasteiger partial charge in [-0.05, 0) is 19.1 Å². The highest BCUT2D eigenvalue weighted by atomic mass is 32.2. The summed E-state index contributed by atoms with van der Waals surface area (Å²) in [4.78, 5) is 7.09. The highest BCUT2D eigenvalue weighted by molar-refractivity contribution is 8.00. The zero-order chi connectivity index (χ0) is 14.1. The Kier molecular flexibility index (Phi) is 3.54. The Morgan fingerprint density at radius 2 is 2.15 bits per heavy atom. The van der Waals surface area contributed by atoms with Gasteiger partial charge >= 0.3 is 0 Å². The molecular formula is C16H17N3S. The van der Waals surface area contributed by atoms with Crippen LogP contribution in [0.1, 0.15) is 19.4 Å². The molecule has 1 fully saturated rings. The van der Waals surface area contributed by atoms with Crippen LogP contribution >= 0.6 is 11.8 Å². The van der Waals surface area contributed by atoms with Crippen molar-refractivity contribution in [3.63, 3.8) is 0 Å². The Morgan fingerprint density at radius 1 is 1.35 bits per heavy atom. The standard InChI is InChI=1S/C16H17N3S/c1-11-12(2)20-8-7-19(11)16-9-13(10-17)14-5-3-4-6-15(14)18-16/h3-6,9,11-12H,7-8H2,1-2H3. The molecule has 3 nitrogen and oxygen atoms in total. The van der Waals surface area contributed by atoms with Crippen LogP contribution in [-0.2, 0) is 0 Å². The van der Waals surface area contributed by atoms with Gasteiger partial charge in [0, 0.05) is 29.0 Å². The zero-order valence-corrected chi connectivity index (χ0v) is 12.5. The Hall–Kier alpha value is -1.73. The molecule has 3 rings (SSSR count). The maximum absolute atomic E-state index is 9.38. The first-order valence-electron chi connectivity index (χ1n) is 6.89. The van der Waals surface area contributed by atoms with Crippen molar-refractivity contribution in [1.82, 2.24) is 4.98 Å². The number of nitrogens with zero attached hydrogens (tertiary/aromatic N) is 3. The molecule has 1 aliphatic rings. The van der Waals surface area contributed by atoms with Gasteiger partial charge < -0.3 is 4.90 Å². The van der Waals surface area contributed by atoms with Crippen LogP contribution in [0.15, 0.2) is 30.3 Å². The number of aromatic nitrogens is 1. The van der Waals surface area contributed by atoms with Gasteiger partial charge in [0.05, 0.1) is 17.1 Å². The summed E-state index contributed by atoms with van der Waals surface area (Å²) in [6.45, 7) is 5.49. The van der Waals surface area contributed by atoms with Crippen molar-refractivity contribution < 1.29 is 0 Å². The first kappa shape index (κ1) is 13.3. The van der Waals surface area contributed by atoms with E-state index in [1.54, 1.807) is 0 Å². The van der Waals surface area contributed by atoms with Crippen LogP contribution in [0, 0.1) is 11.3 Å². The number of hydrogen-bond donors (Lipinski definition) is 0. The van der Waals surface area contributed by atoms with E-state index < -0.39 is 0 Å². The third-order valence-corrected chi connectivity index (χ3v) is 5.34. The molecule has 102 valence electrons. The van der Waals surface area contributed by atoms with E-state index in [2.05, 4.69) is 24.8 Å². The van der Waals surface area contributed by atoms with Crippen molar-refractivity contribution in [2.24, 2.45) is 0 Å². The molecule has 0 bridgehead atoms. The lowest BCUT2D eigenvalue weighted by molar-refractivity contribution is 0.621. The second kappa shape index (κ2) is 5.34. The lowest BCUT2D eigenvalue weighted by Crippen LogP contribution is -2.45. The fourth-order valence-electron chi connectivity index (χ4n) is 2.66. The molecule has 1 saturated heterocycles. The van der Waals surface area contributed by atoms with E-state index in [4.69, 9.17) is 4.98 Å². The summed E-state index contributed by atoms with van der Waals surface area (Å²) >= 11 is 2.00. The number of anilines is 1. The molecule has 1 aliphatic heterocycles. The maximum Gasteiger partial charge on any atom is 0.130 e. The summed E-state index contributed by atoms with van der Waals surface area (Å²) in [6.07, 6.45) is 0. The number of pyridine rings is 1. The smallest absolute Gasteiger partial charge is 0.130 e. The third-order valence-electron chi connectivity index (χ3n) is 4.00. The van der Waals surface area contributed by atoms with Crippen molar-refractivity contribution in [2.45, 2.75) is 25.1 Å². The van der Waals surface area contributed by atoms with Crippen molar-refractivity contribution in [3.8, 4) is 6.07 Å². The second-order valence-corrected chi connectivity index (χ2v) is 6.65. The highest BCUT2D eigenvalue weighted by Gasteiger charge is 2.26. The first-order chi connectivity index (χ1) is 9.70. The average Bonchev–Trinajstić information content (AvgIpc) is 2.49. The summed E-state index contributed by atoms with van der Waals surface area (Å²) in [5.41, 5.74) is 1.61. The third kappa shape index (κ3) is 2.23. The van der Waals surface area contributed by atoms with Crippen molar-refractivity contribution >= 4 is 28.5 Å². The molecule has 0 spiro atoms. The van der Waals surface area contributed by atoms with E-state index in [-0.39, 0.29) is 0 Å². The number of para-hydroxylation sites is 1.